The molecule has 0 saturated heterocycles. The summed E-state index contributed by atoms with van der Waals surface area (Å²) in [5.74, 6) is -0.239. The summed E-state index contributed by atoms with van der Waals surface area (Å²) >= 11 is 9.15. The first kappa shape index (κ1) is 14.5. The molecule has 0 saturated carbocycles. The van der Waals surface area contributed by atoms with E-state index in [0.717, 1.165) is 27.8 Å². The number of fused-ring (bicyclic) bond motifs is 1. The molecule has 0 radical (unpaired) electrons. The van der Waals surface area contributed by atoms with Crippen molar-refractivity contribution in [2.24, 2.45) is 0 Å². The summed E-state index contributed by atoms with van der Waals surface area (Å²) in [4.78, 5) is 12.3. The number of rotatable bonds is 3. The molecule has 0 aromatic heterocycles. The van der Waals surface area contributed by atoms with Gasteiger partial charge >= 0.3 is 0 Å². The molecule has 0 aliphatic carbocycles. The van der Waals surface area contributed by atoms with Gasteiger partial charge < -0.3 is 4.74 Å². The zero-order valence-corrected chi connectivity index (χ0v) is 13.3. The highest BCUT2D eigenvalue weighted by molar-refractivity contribution is 9.10. The fraction of sp³-hybridized carbons (Fsp3) is 0.188. The van der Waals surface area contributed by atoms with Gasteiger partial charge in [0.15, 0.2) is 11.6 Å². The molecule has 1 aliphatic rings. The molecule has 0 atom stereocenters. The molecule has 0 spiro atoms. The molecule has 1 aliphatic heterocycles. The van der Waals surface area contributed by atoms with Crippen molar-refractivity contribution in [2.45, 2.75) is 12.8 Å². The zero-order chi connectivity index (χ0) is 15.0. The summed E-state index contributed by atoms with van der Waals surface area (Å²) in [6, 6.07) is 8.26. The molecule has 2 aromatic carbocycles. The maximum atomic E-state index is 13.9. The van der Waals surface area contributed by atoms with E-state index in [1.54, 1.807) is 6.07 Å². The van der Waals surface area contributed by atoms with Crippen LogP contribution in [0.5, 0.6) is 5.75 Å². The first-order valence-corrected chi connectivity index (χ1v) is 7.64. The van der Waals surface area contributed by atoms with Crippen LogP contribution in [0, 0.1) is 5.82 Å². The van der Waals surface area contributed by atoms with E-state index in [4.69, 9.17) is 16.3 Å². The molecule has 108 valence electrons. The Hall–Kier alpha value is -1.39. The maximum absolute atomic E-state index is 13.9. The van der Waals surface area contributed by atoms with E-state index in [1.165, 1.54) is 12.1 Å². The molecule has 2 aromatic rings. The van der Waals surface area contributed by atoms with Crippen LogP contribution in [0.3, 0.4) is 0 Å². The predicted octanol–water partition coefficient (Wildman–Crippen LogP) is 4.60. The SMILES string of the molecule is O=C(Cc1cc(Br)cc2c1OCC2)c1cccc(Cl)c1F. The fourth-order valence-electron chi connectivity index (χ4n) is 2.46. The first-order chi connectivity index (χ1) is 10.1. The van der Waals surface area contributed by atoms with Crippen molar-refractivity contribution in [1.82, 2.24) is 0 Å². The van der Waals surface area contributed by atoms with Gasteiger partial charge in [0.1, 0.15) is 5.75 Å². The average molecular weight is 370 g/mol. The standard InChI is InChI=1S/C16H11BrClFO2/c17-11-6-9-4-5-21-16(9)10(7-11)8-14(20)12-2-1-3-13(18)15(12)19/h1-3,6-7H,4-5,8H2. The van der Waals surface area contributed by atoms with Crippen molar-refractivity contribution in [2.75, 3.05) is 6.61 Å². The smallest absolute Gasteiger partial charge is 0.170 e. The summed E-state index contributed by atoms with van der Waals surface area (Å²) in [6.07, 6.45) is 0.903. The normalized spacial score (nSPS) is 12.9. The van der Waals surface area contributed by atoms with Crippen LogP contribution in [0.4, 0.5) is 4.39 Å². The van der Waals surface area contributed by atoms with Crippen molar-refractivity contribution in [3.05, 3.63) is 62.3 Å². The van der Waals surface area contributed by atoms with Gasteiger partial charge in [0.25, 0.3) is 0 Å². The van der Waals surface area contributed by atoms with Crippen molar-refractivity contribution in [3.8, 4) is 5.75 Å². The van der Waals surface area contributed by atoms with E-state index in [0.29, 0.717) is 6.61 Å². The van der Waals surface area contributed by atoms with E-state index < -0.39 is 5.82 Å². The van der Waals surface area contributed by atoms with Crippen molar-refractivity contribution >= 4 is 33.3 Å². The number of ketones is 1. The van der Waals surface area contributed by atoms with Gasteiger partial charge in [-0.15, -0.1) is 0 Å². The number of carbonyl (C=O) groups is 1. The van der Waals surface area contributed by atoms with E-state index in [-0.39, 0.29) is 22.8 Å². The van der Waals surface area contributed by atoms with E-state index >= 15 is 0 Å². The van der Waals surface area contributed by atoms with Crippen LogP contribution in [0.2, 0.25) is 5.02 Å². The van der Waals surface area contributed by atoms with Crippen LogP contribution in [0.1, 0.15) is 21.5 Å². The Kier molecular flexibility index (Phi) is 4.00. The molecular weight excluding hydrogens is 359 g/mol. The molecule has 3 rings (SSSR count). The third-order valence-electron chi connectivity index (χ3n) is 3.43. The van der Waals surface area contributed by atoms with E-state index in [9.17, 15) is 9.18 Å². The molecule has 2 nitrogen and oxygen atoms in total. The summed E-state index contributed by atoms with van der Waals surface area (Å²) in [5.41, 5.74) is 1.84. The Labute approximate surface area is 135 Å². The minimum atomic E-state index is -0.670. The zero-order valence-electron chi connectivity index (χ0n) is 11.0. The minimum Gasteiger partial charge on any atom is -0.493 e. The summed E-state index contributed by atoms with van der Waals surface area (Å²) < 4.78 is 20.4. The second-order valence-electron chi connectivity index (χ2n) is 4.85. The van der Waals surface area contributed by atoms with E-state index in [2.05, 4.69) is 15.9 Å². The lowest BCUT2D eigenvalue weighted by atomic mass is 10.00. The van der Waals surface area contributed by atoms with Gasteiger partial charge in [0, 0.05) is 22.9 Å². The van der Waals surface area contributed by atoms with Gasteiger partial charge in [0.05, 0.1) is 17.2 Å². The van der Waals surface area contributed by atoms with Gasteiger partial charge in [-0.25, -0.2) is 4.39 Å². The summed E-state index contributed by atoms with van der Waals surface area (Å²) in [6.45, 7) is 0.610. The van der Waals surface area contributed by atoms with Crippen LogP contribution in [0.25, 0.3) is 0 Å². The van der Waals surface area contributed by atoms with Gasteiger partial charge in [0.2, 0.25) is 0 Å². The number of benzene rings is 2. The van der Waals surface area contributed by atoms with Gasteiger partial charge in [-0.2, -0.15) is 0 Å². The fourth-order valence-corrected chi connectivity index (χ4v) is 3.19. The summed E-state index contributed by atoms with van der Waals surface area (Å²) in [5, 5.41) is -0.0448. The molecule has 0 fully saturated rings. The first-order valence-electron chi connectivity index (χ1n) is 6.47. The molecule has 0 amide bonds. The van der Waals surface area contributed by atoms with Gasteiger partial charge in [-0.05, 0) is 29.8 Å². The molecule has 0 N–H and O–H groups in total. The van der Waals surface area contributed by atoms with Gasteiger partial charge in [-0.1, -0.05) is 33.6 Å². The number of ether oxygens (including phenoxy) is 1. The van der Waals surface area contributed by atoms with Crippen molar-refractivity contribution < 1.29 is 13.9 Å². The molecular formula is C16H11BrClFO2. The third-order valence-corrected chi connectivity index (χ3v) is 4.18. The number of halogens is 3. The molecule has 0 unspecified atom stereocenters. The Bertz CT molecular complexity index is 730. The van der Waals surface area contributed by atoms with Crippen LogP contribution < -0.4 is 4.74 Å². The lowest BCUT2D eigenvalue weighted by Crippen LogP contribution is -2.07. The number of carbonyl (C=O) groups excluding carboxylic acids is 1. The molecule has 5 heteroatoms. The highest BCUT2D eigenvalue weighted by Gasteiger charge is 2.21. The van der Waals surface area contributed by atoms with Crippen LogP contribution >= 0.6 is 27.5 Å². The molecule has 1 heterocycles. The highest BCUT2D eigenvalue weighted by Crippen LogP contribution is 2.34. The van der Waals surface area contributed by atoms with Crippen LogP contribution in [0.15, 0.2) is 34.8 Å². The molecule has 21 heavy (non-hydrogen) atoms. The Morgan fingerprint density at radius 2 is 2.19 bits per heavy atom. The largest absolute Gasteiger partial charge is 0.493 e. The average Bonchev–Trinajstić information content (AvgIpc) is 2.90. The Morgan fingerprint density at radius 3 is 3.00 bits per heavy atom. The Morgan fingerprint density at radius 1 is 1.38 bits per heavy atom. The lowest BCUT2D eigenvalue weighted by molar-refractivity contribution is 0.0988. The van der Waals surface area contributed by atoms with E-state index in [1.807, 2.05) is 12.1 Å². The summed E-state index contributed by atoms with van der Waals surface area (Å²) in [7, 11) is 0. The van der Waals surface area contributed by atoms with Crippen LogP contribution in [-0.2, 0) is 12.8 Å². The molecule has 0 bridgehead atoms. The highest BCUT2D eigenvalue weighted by atomic mass is 79.9. The van der Waals surface area contributed by atoms with Crippen molar-refractivity contribution in [3.63, 3.8) is 0 Å². The monoisotopic (exact) mass is 368 g/mol. The Balaban J connectivity index is 1.94. The number of hydrogen-bond acceptors (Lipinski definition) is 2. The van der Waals surface area contributed by atoms with Gasteiger partial charge in [-0.3, -0.25) is 4.79 Å². The number of Topliss-reactive ketones (excluding diaryl/α,β-unsaturated/α-hetero) is 1. The van der Waals surface area contributed by atoms with Crippen molar-refractivity contribution in [1.29, 1.82) is 0 Å². The maximum Gasteiger partial charge on any atom is 0.170 e. The second kappa shape index (κ2) is 5.78. The number of hydrogen-bond donors (Lipinski definition) is 0. The van der Waals surface area contributed by atoms with Crippen LogP contribution in [-0.4, -0.2) is 12.4 Å². The second-order valence-corrected chi connectivity index (χ2v) is 6.18. The minimum absolute atomic E-state index is 0.00854. The quantitative estimate of drug-likeness (QED) is 0.739. The lowest BCUT2D eigenvalue weighted by Gasteiger charge is -2.09. The topological polar surface area (TPSA) is 26.3 Å². The predicted molar refractivity (Wildman–Crippen MR) is 82.8 cm³/mol. The third kappa shape index (κ3) is 2.83.